The summed E-state index contributed by atoms with van der Waals surface area (Å²) in [5.41, 5.74) is 7.10. The van der Waals surface area contributed by atoms with Crippen LogP contribution in [0.3, 0.4) is 0 Å². The van der Waals surface area contributed by atoms with E-state index in [-0.39, 0.29) is 5.78 Å². The topological polar surface area (TPSA) is 17.1 Å². The van der Waals surface area contributed by atoms with Crippen molar-refractivity contribution < 1.29 is 4.79 Å². The Labute approximate surface area is 107 Å². The molecule has 0 atom stereocenters. The Hall–Kier alpha value is -1.89. The fourth-order valence-electron chi connectivity index (χ4n) is 2.67. The monoisotopic (exact) mass is 236 g/mol. The first-order valence-corrected chi connectivity index (χ1v) is 6.39. The van der Waals surface area contributed by atoms with Crippen LogP contribution in [-0.2, 0) is 6.42 Å². The SMILES string of the molecule is Cc1cccc(-c2ccc3c(c2)C(=O)CC3)c1C. The van der Waals surface area contributed by atoms with Crippen LogP contribution < -0.4 is 0 Å². The molecule has 1 aliphatic carbocycles. The zero-order valence-electron chi connectivity index (χ0n) is 10.8. The van der Waals surface area contributed by atoms with Crippen LogP contribution in [0.2, 0.25) is 0 Å². The number of hydrogen-bond donors (Lipinski definition) is 0. The third-order valence-electron chi connectivity index (χ3n) is 3.95. The highest BCUT2D eigenvalue weighted by Crippen LogP contribution is 2.30. The second kappa shape index (κ2) is 4.09. The molecular weight excluding hydrogens is 220 g/mol. The average Bonchev–Trinajstić information content (AvgIpc) is 2.74. The number of fused-ring (bicyclic) bond motifs is 1. The van der Waals surface area contributed by atoms with Crippen molar-refractivity contribution >= 4 is 5.78 Å². The molecule has 18 heavy (non-hydrogen) atoms. The Kier molecular flexibility index (Phi) is 2.55. The molecule has 0 aliphatic heterocycles. The van der Waals surface area contributed by atoms with Crippen LogP contribution >= 0.6 is 0 Å². The van der Waals surface area contributed by atoms with Gasteiger partial charge in [0, 0.05) is 12.0 Å². The van der Waals surface area contributed by atoms with E-state index in [0.717, 1.165) is 17.5 Å². The largest absolute Gasteiger partial charge is 0.294 e. The summed E-state index contributed by atoms with van der Waals surface area (Å²) >= 11 is 0. The highest BCUT2D eigenvalue weighted by atomic mass is 16.1. The molecule has 90 valence electrons. The maximum Gasteiger partial charge on any atom is 0.163 e. The first-order chi connectivity index (χ1) is 8.66. The minimum Gasteiger partial charge on any atom is -0.294 e. The minimum absolute atomic E-state index is 0.289. The Balaban J connectivity index is 2.16. The first kappa shape index (κ1) is 11.2. The summed E-state index contributed by atoms with van der Waals surface area (Å²) in [6.45, 7) is 4.26. The fraction of sp³-hybridized carbons (Fsp3) is 0.235. The molecule has 0 amide bonds. The standard InChI is InChI=1S/C17H16O/c1-11-4-3-5-15(12(11)2)14-7-6-13-8-9-17(18)16(13)10-14/h3-7,10H,8-9H2,1-2H3. The summed E-state index contributed by atoms with van der Waals surface area (Å²) in [5.74, 6) is 0.289. The normalized spacial score (nSPS) is 13.8. The Bertz CT molecular complexity index is 638. The van der Waals surface area contributed by atoms with Crippen LogP contribution in [0.4, 0.5) is 0 Å². The molecule has 3 rings (SSSR count). The lowest BCUT2D eigenvalue weighted by Gasteiger charge is -2.10. The fourth-order valence-corrected chi connectivity index (χ4v) is 2.67. The summed E-state index contributed by atoms with van der Waals surface area (Å²) < 4.78 is 0. The number of rotatable bonds is 1. The molecule has 0 aromatic heterocycles. The second-order valence-electron chi connectivity index (χ2n) is 5.04. The van der Waals surface area contributed by atoms with E-state index in [2.05, 4.69) is 50.2 Å². The number of hydrogen-bond acceptors (Lipinski definition) is 1. The lowest BCUT2D eigenvalue weighted by molar-refractivity contribution is 0.0994. The van der Waals surface area contributed by atoms with Crippen LogP contribution in [0, 0.1) is 13.8 Å². The van der Waals surface area contributed by atoms with Gasteiger partial charge in [-0.2, -0.15) is 0 Å². The molecule has 0 bridgehead atoms. The minimum atomic E-state index is 0.289. The summed E-state index contributed by atoms with van der Waals surface area (Å²) in [6, 6.07) is 12.6. The third kappa shape index (κ3) is 1.67. The number of Topliss-reactive ketones (excluding diaryl/α,β-unsaturated/α-hetero) is 1. The van der Waals surface area contributed by atoms with E-state index in [9.17, 15) is 4.79 Å². The smallest absolute Gasteiger partial charge is 0.163 e. The van der Waals surface area contributed by atoms with Crippen molar-refractivity contribution in [2.75, 3.05) is 0 Å². The highest BCUT2D eigenvalue weighted by molar-refractivity contribution is 6.01. The molecule has 1 heteroatoms. The molecule has 0 spiro atoms. The predicted molar refractivity (Wildman–Crippen MR) is 74.0 cm³/mol. The van der Waals surface area contributed by atoms with Crippen molar-refractivity contribution in [3.05, 3.63) is 58.7 Å². The number of benzene rings is 2. The van der Waals surface area contributed by atoms with Crippen LogP contribution in [0.5, 0.6) is 0 Å². The number of aryl methyl sites for hydroxylation is 2. The van der Waals surface area contributed by atoms with Gasteiger partial charge >= 0.3 is 0 Å². The van der Waals surface area contributed by atoms with Gasteiger partial charge in [0.1, 0.15) is 0 Å². The predicted octanol–water partition coefficient (Wildman–Crippen LogP) is 4.10. The highest BCUT2D eigenvalue weighted by Gasteiger charge is 2.19. The van der Waals surface area contributed by atoms with Gasteiger partial charge in [-0.3, -0.25) is 4.79 Å². The zero-order chi connectivity index (χ0) is 12.7. The summed E-state index contributed by atoms with van der Waals surface area (Å²) in [4.78, 5) is 11.8. The molecule has 0 saturated carbocycles. The Morgan fingerprint density at radius 1 is 0.944 bits per heavy atom. The molecule has 2 aromatic carbocycles. The molecular formula is C17H16O. The van der Waals surface area contributed by atoms with Gasteiger partial charge in [0.25, 0.3) is 0 Å². The van der Waals surface area contributed by atoms with Gasteiger partial charge in [-0.25, -0.2) is 0 Å². The lowest BCUT2D eigenvalue weighted by atomic mass is 9.95. The van der Waals surface area contributed by atoms with E-state index in [1.54, 1.807) is 0 Å². The maximum atomic E-state index is 11.8. The number of carbonyl (C=O) groups is 1. The molecule has 1 aliphatic rings. The molecule has 2 aromatic rings. The van der Waals surface area contributed by atoms with Gasteiger partial charge < -0.3 is 0 Å². The lowest BCUT2D eigenvalue weighted by Crippen LogP contribution is -1.93. The van der Waals surface area contributed by atoms with Crippen molar-refractivity contribution in [2.24, 2.45) is 0 Å². The van der Waals surface area contributed by atoms with Crippen LogP contribution in [0.25, 0.3) is 11.1 Å². The molecule has 0 radical (unpaired) electrons. The molecule has 0 unspecified atom stereocenters. The van der Waals surface area contributed by atoms with E-state index in [4.69, 9.17) is 0 Å². The second-order valence-corrected chi connectivity index (χ2v) is 5.04. The zero-order valence-corrected chi connectivity index (χ0v) is 10.8. The van der Waals surface area contributed by atoms with Crippen molar-refractivity contribution in [3.8, 4) is 11.1 Å². The van der Waals surface area contributed by atoms with Crippen LogP contribution in [-0.4, -0.2) is 5.78 Å². The number of carbonyl (C=O) groups excluding carboxylic acids is 1. The summed E-state index contributed by atoms with van der Waals surface area (Å²) in [5, 5.41) is 0. The van der Waals surface area contributed by atoms with E-state index < -0.39 is 0 Å². The molecule has 0 fully saturated rings. The first-order valence-electron chi connectivity index (χ1n) is 6.39. The van der Waals surface area contributed by atoms with Crippen molar-refractivity contribution in [1.82, 2.24) is 0 Å². The van der Waals surface area contributed by atoms with Crippen LogP contribution in [0.1, 0.15) is 33.5 Å². The average molecular weight is 236 g/mol. The number of ketones is 1. The maximum absolute atomic E-state index is 11.8. The van der Waals surface area contributed by atoms with Gasteiger partial charge in [0.05, 0.1) is 0 Å². The summed E-state index contributed by atoms with van der Waals surface area (Å²) in [6.07, 6.45) is 1.58. The van der Waals surface area contributed by atoms with E-state index >= 15 is 0 Å². The van der Waals surface area contributed by atoms with Crippen molar-refractivity contribution in [2.45, 2.75) is 26.7 Å². The molecule has 1 nitrogen and oxygen atoms in total. The van der Waals surface area contributed by atoms with Gasteiger partial charge in [-0.1, -0.05) is 30.3 Å². The quantitative estimate of drug-likeness (QED) is 0.728. The van der Waals surface area contributed by atoms with Gasteiger partial charge in [0.15, 0.2) is 5.78 Å². The third-order valence-corrected chi connectivity index (χ3v) is 3.95. The Morgan fingerprint density at radius 3 is 2.61 bits per heavy atom. The van der Waals surface area contributed by atoms with Crippen molar-refractivity contribution in [3.63, 3.8) is 0 Å². The van der Waals surface area contributed by atoms with Gasteiger partial charge in [0.2, 0.25) is 0 Å². The van der Waals surface area contributed by atoms with Crippen molar-refractivity contribution in [1.29, 1.82) is 0 Å². The van der Waals surface area contributed by atoms with Crippen LogP contribution in [0.15, 0.2) is 36.4 Å². The van der Waals surface area contributed by atoms with Gasteiger partial charge in [-0.15, -0.1) is 0 Å². The van der Waals surface area contributed by atoms with E-state index in [0.29, 0.717) is 6.42 Å². The molecule has 0 heterocycles. The molecule has 0 N–H and O–H groups in total. The Morgan fingerprint density at radius 2 is 1.78 bits per heavy atom. The van der Waals surface area contributed by atoms with E-state index in [1.165, 1.54) is 22.3 Å². The van der Waals surface area contributed by atoms with Gasteiger partial charge in [-0.05, 0) is 54.2 Å². The van der Waals surface area contributed by atoms with E-state index in [1.807, 2.05) is 0 Å². The summed E-state index contributed by atoms with van der Waals surface area (Å²) in [7, 11) is 0. The molecule has 0 saturated heterocycles.